The number of hydrogen-bond acceptors (Lipinski definition) is 1. The van der Waals surface area contributed by atoms with Crippen LogP contribution in [0, 0.1) is 0 Å². The molecule has 1 aromatic heterocycles. The second-order valence-electron chi connectivity index (χ2n) is 17.0. The van der Waals surface area contributed by atoms with Gasteiger partial charge in [-0.1, -0.05) is 200 Å². The van der Waals surface area contributed by atoms with Crippen molar-refractivity contribution in [1.82, 2.24) is 4.57 Å². The van der Waals surface area contributed by atoms with E-state index in [4.69, 9.17) is 0 Å². The number of rotatable bonds is 9. The molecule has 0 saturated carbocycles. The highest BCUT2D eigenvalue weighted by Gasteiger charge is 2.19. The van der Waals surface area contributed by atoms with Crippen LogP contribution in [0.4, 0.5) is 17.1 Å². The maximum atomic E-state index is 2.43. The van der Waals surface area contributed by atoms with E-state index >= 15 is 0 Å². The maximum absolute atomic E-state index is 2.43. The van der Waals surface area contributed by atoms with Gasteiger partial charge in [-0.2, -0.15) is 0 Å². The van der Waals surface area contributed by atoms with Crippen molar-refractivity contribution in [2.24, 2.45) is 0 Å². The van der Waals surface area contributed by atoms with E-state index in [2.05, 4.69) is 276 Å². The zero-order valence-electron chi connectivity index (χ0n) is 36.3. The van der Waals surface area contributed by atoms with Gasteiger partial charge < -0.3 is 9.47 Å². The molecule has 11 aromatic carbocycles. The largest absolute Gasteiger partial charge is 0.310 e. The first kappa shape index (κ1) is 38.9. The summed E-state index contributed by atoms with van der Waals surface area (Å²) in [7, 11) is 0. The van der Waals surface area contributed by atoms with Gasteiger partial charge in [0.15, 0.2) is 0 Å². The molecular formula is C64H44N2. The normalized spacial score (nSPS) is 11.3. The SMILES string of the molecule is c1ccc(-c2ccc(N(c3ccc4ccccc4c3)c3ccccc3-c3ccc(-c4ccc5c(c4)c4ccccc4n5-c4cc(-c5ccccc5)cc(-c5ccccc5)c4)cc3)cc2)cc1. The molecule has 0 radical (unpaired) electrons. The molecule has 0 aliphatic carbocycles. The van der Waals surface area contributed by atoms with E-state index in [-0.39, 0.29) is 0 Å². The van der Waals surface area contributed by atoms with Gasteiger partial charge in [0.25, 0.3) is 0 Å². The topological polar surface area (TPSA) is 8.17 Å². The molecule has 12 aromatic rings. The zero-order valence-corrected chi connectivity index (χ0v) is 36.3. The standard InChI is InChI=1S/C64H44N2/c1-4-16-45(17-5-1)49-32-36-56(37-33-49)65(57-38-34-48-22-10-11-23-52(48)41-57)62-26-14-12-24-59(62)51-30-28-50(29-31-51)53-35-39-64-61(44-53)60-25-13-15-27-63(60)66(64)58-42-54(46-18-6-2-7-19-46)40-55(43-58)47-20-8-3-9-21-47/h1-44H. The Hall–Kier alpha value is -8.72. The van der Waals surface area contributed by atoms with E-state index < -0.39 is 0 Å². The summed E-state index contributed by atoms with van der Waals surface area (Å²) in [5.74, 6) is 0. The Bertz CT molecular complexity index is 3610. The molecule has 0 amide bonds. The molecule has 310 valence electrons. The van der Waals surface area contributed by atoms with Crippen LogP contribution in [0.15, 0.2) is 267 Å². The molecule has 66 heavy (non-hydrogen) atoms. The molecule has 0 saturated heterocycles. The van der Waals surface area contributed by atoms with Crippen molar-refractivity contribution in [2.75, 3.05) is 4.90 Å². The number of fused-ring (bicyclic) bond motifs is 4. The molecule has 2 heteroatoms. The van der Waals surface area contributed by atoms with Crippen molar-refractivity contribution in [3.05, 3.63) is 267 Å². The van der Waals surface area contributed by atoms with Crippen LogP contribution < -0.4 is 4.90 Å². The monoisotopic (exact) mass is 840 g/mol. The number of para-hydroxylation sites is 2. The molecule has 0 spiro atoms. The molecule has 0 unspecified atom stereocenters. The number of benzene rings is 11. The lowest BCUT2D eigenvalue weighted by atomic mass is 9.97. The number of hydrogen-bond donors (Lipinski definition) is 0. The highest BCUT2D eigenvalue weighted by atomic mass is 15.1. The van der Waals surface area contributed by atoms with Crippen LogP contribution in [0.3, 0.4) is 0 Å². The highest BCUT2D eigenvalue weighted by molar-refractivity contribution is 6.10. The van der Waals surface area contributed by atoms with Crippen LogP contribution in [-0.4, -0.2) is 4.57 Å². The third kappa shape index (κ3) is 7.21. The van der Waals surface area contributed by atoms with Crippen LogP contribution in [0.2, 0.25) is 0 Å². The summed E-state index contributed by atoms with van der Waals surface area (Å²) in [6.07, 6.45) is 0. The van der Waals surface area contributed by atoms with E-state index in [0.717, 1.165) is 33.9 Å². The number of nitrogens with zero attached hydrogens (tertiary/aromatic N) is 2. The lowest BCUT2D eigenvalue weighted by Gasteiger charge is -2.28. The second-order valence-corrected chi connectivity index (χ2v) is 17.0. The van der Waals surface area contributed by atoms with Crippen molar-refractivity contribution in [1.29, 1.82) is 0 Å². The highest BCUT2D eigenvalue weighted by Crippen LogP contribution is 2.43. The molecule has 0 aliphatic rings. The fourth-order valence-electron chi connectivity index (χ4n) is 9.70. The van der Waals surface area contributed by atoms with Gasteiger partial charge in [0.2, 0.25) is 0 Å². The second kappa shape index (κ2) is 16.8. The minimum atomic E-state index is 1.10. The molecule has 2 nitrogen and oxygen atoms in total. The summed E-state index contributed by atoms with van der Waals surface area (Å²) in [5, 5.41) is 4.90. The van der Waals surface area contributed by atoms with Crippen molar-refractivity contribution < 1.29 is 0 Å². The minimum Gasteiger partial charge on any atom is -0.310 e. The van der Waals surface area contributed by atoms with Gasteiger partial charge in [-0.15, -0.1) is 0 Å². The van der Waals surface area contributed by atoms with Crippen LogP contribution in [0.25, 0.3) is 93.9 Å². The molecular weight excluding hydrogens is 797 g/mol. The molecule has 0 N–H and O–H groups in total. The third-order valence-electron chi connectivity index (χ3n) is 13.0. The van der Waals surface area contributed by atoms with Crippen LogP contribution in [0.1, 0.15) is 0 Å². The van der Waals surface area contributed by atoms with E-state index in [1.165, 1.54) is 77.1 Å². The Kier molecular flexibility index (Phi) is 9.89. The summed E-state index contributed by atoms with van der Waals surface area (Å²) in [4.78, 5) is 2.40. The molecule has 0 aliphatic heterocycles. The predicted octanol–water partition coefficient (Wildman–Crippen LogP) is 17.7. The van der Waals surface area contributed by atoms with Gasteiger partial charge in [-0.25, -0.2) is 0 Å². The van der Waals surface area contributed by atoms with Gasteiger partial charge >= 0.3 is 0 Å². The average Bonchev–Trinajstić information content (AvgIpc) is 3.73. The Morgan fingerprint density at radius 1 is 0.258 bits per heavy atom. The summed E-state index contributed by atoms with van der Waals surface area (Å²) in [5.41, 5.74) is 18.7. The van der Waals surface area contributed by atoms with Crippen molar-refractivity contribution in [3.63, 3.8) is 0 Å². The summed E-state index contributed by atoms with van der Waals surface area (Å²) >= 11 is 0. The summed E-state index contributed by atoms with van der Waals surface area (Å²) < 4.78 is 2.43. The maximum Gasteiger partial charge on any atom is 0.0541 e. The Morgan fingerprint density at radius 3 is 1.44 bits per heavy atom. The van der Waals surface area contributed by atoms with Gasteiger partial charge in [0.1, 0.15) is 0 Å². The van der Waals surface area contributed by atoms with Crippen molar-refractivity contribution in [2.45, 2.75) is 0 Å². The Labute approximate surface area is 385 Å². The zero-order chi connectivity index (χ0) is 43.8. The van der Waals surface area contributed by atoms with E-state index in [0.29, 0.717) is 0 Å². The minimum absolute atomic E-state index is 1.10. The van der Waals surface area contributed by atoms with Gasteiger partial charge in [0, 0.05) is 33.4 Å². The predicted molar refractivity (Wildman–Crippen MR) is 280 cm³/mol. The smallest absolute Gasteiger partial charge is 0.0541 e. The van der Waals surface area contributed by atoms with E-state index in [1.807, 2.05) is 0 Å². The van der Waals surface area contributed by atoms with Crippen molar-refractivity contribution >= 4 is 49.6 Å². The van der Waals surface area contributed by atoms with Gasteiger partial charge in [-0.05, 0) is 128 Å². The molecule has 0 atom stereocenters. The van der Waals surface area contributed by atoms with Crippen LogP contribution in [0.5, 0.6) is 0 Å². The first-order valence-electron chi connectivity index (χ1n) is 22.7. The van der Waals surface area contributed by atoms with Gasteiger partial charge in [0.05, 0.1) is 16.7 Å². The fourth-order valence-corrected chi connectivity index (χ4v) is 9.70. The molecule has 0 bridgehead atoms. The van der Waals surface area contributed by atoms with E-state index in [9.17, 15) is 0 Å². The Balaban J connectivity index is 0.936. The molecule has 0 fully saturated rings. The quantitative estimate of drug-likeness (QED) is 0.141. The van der Waals surface area contributed by atoms with Crippen molar-refractivity contribution in [3.8, 4) is 61.3 Å². The van der Waals surface area contributed by atoms with Gasteiger partial charge in [-0.3, -0.25) is 0 Å². The number of anilines is 3. The summed E-state index contributed by atoms with van der Waals surface area (Å²) in [6, 6.07) is 96.9. The molecule has 12 rings (SSSR count). The van der Waals surface area contributed by atoms with E-state index in [1.54, 1.807) is 0 Å². The third-order valence-corrected chi connectivity index (χ3v) is 13.0. The molecule has 1 heterocycles. The first-order chi connectivity index (χ1) is 32.7. The Morgan fingerprint density at radius 2 is 0.742 bits per heavy atom. The number of aromatic nitrogens is 1. The lowest BCUT2D eigenvalue weighted by Crippen LogP contribution is -2.11. The van der Waals surface area contributed by atoms with Crippen LogP contribution >= 0.6 is 0 Å². The average molecular weight is 841 g/mol. The first-order valence-corrected chi connectivity index (χ1v) is 22.7. The lowest BCUT2D eigenvalue weighted by molar-refractivity contribution is 1.18. The summed E-state index contributed by atoms with van der Waals surface area (Å²) in [6.45, 7) is 0. The van der Waals surface area contributed by atoms with Crippen LogP contribution in [-0.2, 0) is 0 Å². The fraction of sp³-hybridized carbons (Fsp3) is 0.